The number of hydrogen-bond acceptors (Lipinski definition) is 9. The summed E-state index contributed by atoms with van der Waals surface area (Å²) < 4.78 is 7.80. The molecule has 0 aliphatic carbocycles. The third-order valence-corrected chi connectivity index (χ3v) is 11.6. The van der Waals surface area contributed by atoms with Crippen LogP contribution in [0.2, 0.25) is 0 Å². The maximum Gasteiger partial charge on any atom is 0.270 e. The van der Waals surface area contributed by atoms with Crippen molar-refractivity contribution in [1.82, 2.24) is 40.0 Å². The van der Waals surface area contributed by atoms with Crippen molar-refractivity contribution < 1.29 is 28.7 Å². The molecule has 4 aliphatic rings. The summed E-state index contributed by atoms with van der Waals surface area (Å²) >= 11 is 0. The lowest BCUT2D eigenvalue weighted by Crippen LogP contribution is -2.52. The Hall–Kier alpha value is -6.72. The number of ether oxygens (including phenoxy) is 1. The number of imide groups is 1. The number of fused-ring (bicyclic) bond motifs is 3. The van der Waals surface area contributed by atoms with Gasteiger partial charge >= 0.3 is 0 Å². The SMILES string of the molecule is C[C@@H]1C(=O)N(C)Cc2c(-c3cccc4cc(-c5ccc(C(=O)NCC#Cc6cccc7c6CN(C6CCC(=O)NC6=O)C7=O)nc5)ncc34)nc(C3CCOCC3)n21. The summed E-state index contributed by atoms with van der Waals surface area (Å²) in [7, 11) is 1.84. The highest BCUT2D eigenvalue weighted by molar-refractivity contribution is 6.05. The lowest BCUT2D eigenvalue weighted by molar-refractivity contribution is -0.137. The summed E-state index contributed by atoms with van der Waals surface area (Å²) in [5.41, 5.74) is 6.35. The van der Waals surface area contributed by atoms with Crippen molar-refractivity contribution in [1.29, 1.82) is 0 Å². The number of piperidine rings is 1. The molecule has 2 atom stereocenters. The maximum absolute atomic E-state index is 13.1. The van der Waals surface area contributed by atoms with Crippen LogP contribution in [0, 0.1) is 11.8 Å². The van der Waals surface area contributed by atoms with Crippen molar-refractivity contribution in [3.05, 3.63) is 101 Å². The van der Waals surface area contributed by atoms with Gasteiger partial charge in [0.25, 0.3) is 11.8 Å². The number of carbonyl (C=O) groups is 5. The Balaban J connectivity index is 0.893. The summed E-state index contributed by atoms with van der Waals surface area (Å²) in [5, 5.41) is 7.02. The van der Waals surface area contributed by atoms with Gasteiger partial charge in [-0.15, -0.1) is 0 Å². The molecule has 0 saturated carbocycles. The van der Waals surface area contributed by atoms with Crippen LogP contribution in [0.25, 0.3) is 33.3 Å². The van der Waals surface area contributed by atoms with Crippen LogP contribution in [0.3, 0.4) is 0 Å². The molecule has 14 nitrogen and oxygen atoms in total. The smallest absolute Gasteiger partial charge is 0.270 e. The Morgan fingerprint density at radius 2 is 1.78 bits per heavy atom. The third kappa shape index (κ3) is 6.56. The van der Waals surface area contributed by atoms with Crippen LogP contribution in [-0.2, 0) is 32.2 Å². The van der Waals surface area contributed by atoms with E-state index in [1.165, 1.54) is 4.90 Å². The van der Waals surface area contributed by atoms with Crippen LogP contribution < -0.4 is 10.6 Å². The minimum Gasteiger partial charge on any atom is -0.381 e. The van der Waals surface area contributed by atoms with Gasteiger partial charge in [-0.05, 0) is 67.5 Å². The number of likely N-dealkylation sites (N-methyl/N-ethyl adjacent to an activating group) is 1. The molecule has 5 aromatic rings. The molecule has 5 amide bonds. The van der Waals surface area contributed by atoms with Crippen LogP contribution in [0.4, 0.5) is 0 Å². The molecule has 1 unspecified atom stereocenters. The predicted molar refractivity (Wildman–Crippen MR) is 212 cm³/mol. The van der Waals surface area contributed by atoms with Gasteiger partial charge in [0, 0.05) is 79.2 Å². The van der Waals surface area contributed by atoms with E-state index in [0.717, 1.165) is 52.0 Å². The number of amides is 5. The van der Waals surface area contributed by atoms with Gasteiger partial charge in [0.1, 0.15) is 23.6 Å². The van der Waals surface area contributed by atoms with E-state index in [0.29, 0.717) is 42.1 Å². The third-order valence-electron chi connectivity index (χ3n) is 11.6. The molecular formula is C44H40N8O6. The van der Waals surface area contributed by atoms with Gasteiger partial charge in [0.15, 0.2) is 0 Å². The number of pyridine rings is 2. The number of imidazole rings is 1. The highest BCUT2D eigenvalue weighted by atomic mass is 16.5. The molecule has 58 heavy (non-hydrogen) atoms. The van der Waals surface area contributed by atoms with Gasteiger partial charge in [0.05, 0.1) is 30.2 Å². The molecule has 2 saturated heterocycles. The van der Waals surface area contributed by atoms with E-state index in [2.05, 4.69) is 38.1 Å². The Kier molecular flexibility index (Phi) is 9.53. The lowest BCUT2D eigenvalue weighted by Gasteiger charge is -2.32. The van der Waals surface area contributed by atoms with Crippen molar-refractivity contribution >= 4 is 40.3 Å². The standard InChI is InChI=1S/C44H40N8O6/c1-25-43(56)50(2)24-37-39(49-40(52(25)37)27-15-18-58-19-16-27)30-9-4-7-28-20-35(47-22-32(28)30)29-11-12-34(46-21-29)41(54)45-17-5-8-26-6-3-10-31-33(26)23-51(44(31)57)36-13-14-38(53)48-42(36)55/h3-4,6-7,9-12,20-22,25,27,36H,13-19,23-24H2,1-2H3,(H,45,54)(H,48,53,55)/t25-,36?/m1/s1. The number of carbonyl (C=O) groups excluding carboxylic acids is 5. The summed E-state index contributed by atoms with van der Waals surface area (Å²) in [5.74, 6) is 5.80. The second-order valence-corrected chi connectivity index (χ2v) is 15.1. The molecular weight excluding hydrogens is 737 g/mol. The van der Waals surface area contributed by atoms with E-state index in [-0.39, 0.29) is 67.2 Å². The highest BCUT2D eigenvalue weighted by Crippen LogP contribution is 2.40. The van der Waals surface area contributed by atoms with Gasteiger partial charge in [-0.25, -0.2) is 4.98 Å². The average Bonchev–Trinajstić information content (AvgIpc) is 3.79. The van der Waals surface area contributed by atoms with Crippen molar-refractivity contribution in [3.8, 4) is 34.4 Å². The molecule has 7 heterocycles. The van der Waals surface area contributed by atoms with Gasteiger partial charge in [0.2, 0.25) is 17.7 Å². The van der Waals surface area contributed by atoms with Gasteiger partial charge in [-0.3, -0.25) is 39.3 Å². The number of benzene rings is 2. The molecule has 0 spiro atoms. The Morgan fingerprint density at radius 1 is 0.966 bits per heavy atom. The van der Waals surface area contributed by atoms with Crippen LogP contribution in [0.1, 0.15) is 88.1 Å². The van der Waals surface area contributed by atoms with E-state index in [4.69, 9.17) is 14.7 Å². The minimum absolute atomic E-state index is 0.0489. The van der Waals surface area contributed by atoms with Gasteiger partial charge < -0.3 is 24.4 Å². The largest absolute Gasteiger partial charge is 0.381 e. The van der Waals surface area contributed by atoms with Gasteiger partial charge in [-0.2, -0.15) is 0 Å². The molecule has 2 aromatic carbocycles. The molecule has 292 valence electrons. The molecule has 4 aliphatic heterocycles. The second kappa shape index (κ2) is 15.0. The maximum atomic E-state index is 13.1. The first-order chi connectivity index (χ1) is 28.2. The summed E-state index contributed by atoms with van der Waals surface area (Å²) in [6, 6.07) is 15.8. The van der Waals surface area contributed by atoms with Crippen molar-refractivity contribution in [3.63, 3.8) is 0 Å². The Bertz CT molecular complexity index is 2600. The Labute approximate surface area is 334 Å². The number of hydrogen-bond donors (Lipinski definition) is 2. The molecule has 0 radical (unpaired) electrons. The highest BCUT2D eigenvalue weighted by Gasteiger charge is 2.40. The second-order valence-electron chi connectivity index (χ2n) is 15.1. The van der Waals surface area contributed by atoms with E-state index >= 15 is 0 Å². The first-order valence-electron chi connectivity index (χ1n) is 19.5. The van der Waals surface area contributed by atoms with E-state index in [1.807, 2.05) is 44.4 Å². The van der Waals surface area contributed by atoms with Crippen molar-refractivity contribution in [2.75, 3.05) is 26.8 Å². The fourth-order valence-corrected chi connectivity index (χ4v) is 8.53. The fourth-order valence-electron chi connectivity index (χ4n) is 8.53. The normalized spacial score (nSPS) is 19.4. The van der Waals surface area contributed by atoms with Crippen LogP contribution in [0.5, 0.6) is 0 Å². The fraction of sp³-hybridized carbons (Fsp3) is 0.318. The number of nitrogens with zero attached hydrogens (tertiary/aromatic N) is 6. The number of aromatic nitrogens is 4. The quantitative estimate of drug-likeness (QED) is 0.190. The molecule has 3 aromatic heterocycles. The van der Waals surface area contributed by atoms with Gasteiger partial charge in [-0.1, -0.05) is 36.1 Å². The summed E-state index contributed by atoms with van der Waals surface area (Å²) in [6.07, 6.45) is 5.67. The van der Waals surface area contributed by atoms with E-state index in [9.17, 15) is 24.0 Å². The van der Waals surface area contributed by atoms with Crippen molar-refractivity contribution in [2.24, 2.45) is 0 Å². The number of nitrogens with one attached hydrogen (secondary N) is 2. The first-order valence-corrected chi connectivity index (χ1v) is 19.5. The zero-order valence-electron chi connectivity index (χ0n) is 32.1. The lowest BCUT2D eigenvalue weighted by atomic mass is 9.98. The topological polar surface area (TPSA) is 169 Å². The predicted octanol–water partition coefficient (Wildman–Crippen LogP) is 4.13. The van der Waals surface area contributed by atoms with E-state index < -0.39 is 11.9 Å². The molecule has 14 heteroatoms. The number of rotatable bonds is 6. The molecule has 2 fully saturated rings. The average molecular weight is 777 g/mol. The van der Waals surface area contributed by atoms with Crippen LogP contribution in [0.15, 0.2) is 67.0 Å². The van der Waals surface area contributed by atoms with Crippen LogP contribution >= 0.6 is 0 Å². The molecule has 9 rings (SSSR count). The summed E-state index contributed by atoms with van der Waals surface area (Å²) in [6.45, 7) is 4.04. The van der Waals surface area contributed by atoms with Crippen LogP contribution in [-0.4, -0.2) is 91.7 Å². The summed E-state index contributed by atoms with van der Waals surface area (Å²) in [4.78, 5) is 81.1. The molecule has 2 N–H and O–H groups in total. The zero-order chi connectivity index (χ0) is 40.1. The van der Waals surface area contributed by atoms with E-state index in [1.54, 1.807) is 35.4 Å². The zero-order valence-corrected chi connectivity index (χ0v) is 32.1. The van der Waals surface area contributed by atoms with Crippen molar-refractivity contribution in [2.45, 2.75) is 63.7 Å². The monoisotopic (exact) mass is 776 g/mol. The molecule has 0 bridgehead atoms. The Morgan fingerprint density at radius 3 is 2.57 bits per heavy atom. The first kappa shape index (κ1) is 36.9. The minimum atomic E-state index is -0.711.